The molecule has 0 amide bonds. The maximum atomic E-state index is 10.7. The maximum Gasteiger partial charge on any atom is 0.161 e. The van der Waals surface area contributed by atoms with Gasteiger partial charge in [0.05, 0.1) is 20.3 Å². The Balaban J connectivity index is 1.96. The second-order valence-electron chi connectivity index (χ2n) is 6.83. The van der Waals surface area contributed by atoms with Crippen LogP contribution in [0.1, 0.15) is 29.7 Å². The molecule has 2 atom stereocenters. The van der Waals surface area contributed by atoms with Crippen LogP contribution in [-0.4, -0.2) is 25.4 Å². The van der Waals surface area contributed by atoms with E-state index in [0.29, 0.717) is 11.5 Å². The maximum absolute atomic E-state index is 10.7. The Morgan fingerprint density at radius 1 is 1.00 bits per heavy atom. The highest BCUT2D eigenvalue weighted by molar-refractivity contribution is 5.88. The molecule has 4 heteroatoms. The molecule has 1 aliphatic rings. The number of hydrogen-bond donors (Lipinski definition) is 2. The molecular formula is C22H23NO3. The lowest BCUT2D eigenvalue weighted by atomic mass is 9.84. The number of ether oxygens (including phenoxy) is 2. The number of benzene rings is 3. The third-order valence-electron chi connectivity index (χ3n) is 5.17. The summed E-state index contributed by atoms with van der Waals surface area (Å²) >= 11 is 0. The van der Waals surface area contributed by atoms with E-state index >= 15 is 0 Å². The zero-order valence-corrected chi connectivity index (χ0v) is 15.2. The lowest BCUT2D eigenvalue weighted by Gasteiger charge is -2.33. The molecule has 0 spiro atoms. The summed E-state index contributed by atoms with van der Waals surface area (Å²) in [5, 5.41) is 16.5. The molecule has 0 fully saturated rings. The first-order valence-electron chi connectivity index (χ1n) is 8.83. The third-order valence-corrected chi connectivity index (χ3v) is 5.17. The Bertz CT molecular complexity index is 967. The highest BCUT2D eigenvalue weighted by atomic mass is 16.5. The average molecular weight is 349 g/mol. The number of aromatic hydroxyl groups is 1. The number of hydrogen-bond acceptors (Lipinski definition) is 4. The molecule has 26 heavy (non-hydrogen) atoms. The summed E-state index contributed by atoms with van der Waals surface area (Å²) in [6.45, 7) is 2.16. The van der Waals surface area contributed by atoms with E-state index in [1.807, 2.05) is 24.3 Å². The summed E-state index contributed by atoms with van der Waals surface area (Å²) in [4.78, 5) is 0. The number of fused-ring (bicyclic) bond motifs is 2. The predicted molar refractivity (Wildman–Crippen MR) is 103 cm³/mol. The van der Waals surface area contributed by atoms with Gasteiger partial charge < -0.3 is 19.9 Å². The van der Waals surface area contributed by atoms with Crippen LogP contribution in [0.25, 0.3) is 10.8 Å². The van der Waals surface area contributed by atoms with Crippen molar-refractivity contribution in [2.24, 2.45) is 0 Å². The quantitative estimate of drug-likeness (QED) is 0.745. The topological polar surface area (TPSA) is 50.7 Å². The number of nitrogens with one attached hydrogen (secondary N) is 1. The molecule has 0 unspecified atom stereocenters. The molecule has 1 heterocycles. The Labute approximate surface area is 153 Å². The van der Waals surface area contributed by atoms with Crippen LogP contribution < -0.4 is 14.8 Å². The second kappa shape index (κ2) is 6.54. The van der Waals surface area contributed by atoms with Crippen molar-refractivity contribution in [1.82, 2.24) is 5.32 Å². The van der Waals surface area contributed by atoms with Crippen LogP contribution in [0, 0.1) is 0 Å². The largest absolute Gasteiger partial charge is 0.508 e. The van der Waals surface area contributed by atoms with Crippen molar-refractivity contribution < 1.29 is 14.6 Å². The molecule has 0 radical (unpaired) electrons. The number of phenolic OH excluding ortho intramolecular Hbond substituents is 1. The zero-order chi connectivity index (χ0) is 18.3. The van der Waals surface area contributed by atoms with Crippen molar-refractivity contribution in [3.8, 4) is 17.2 Å². The van der Waals surface area contributed by atoms with Gasteiger partial charge in [-0.2, -0.15) is 0 Å². The molecule has 1 aliphatic heterocycles. The minimum absolute atomic E-state index is 0.111. The van der Waals surface area contributed by atoms with Gasteiger partial charge in [-0.3, -0.25) is 0 Å². The van der Waals surface area contributed by atoms with Crippen LogP contribution in [0.4, 0.5) is 0 Å². The fourth-order valence-corrected chi connectivity index (χ4v) is 3.97. The van der Waals surface area contributed by atoms with Gasteiger partial charge in [-0.25, -0.2) is 0 Å². The van der Waals surface area contributed by atoms with Crippen LogP contribution in [0.2, 0.25) is 0 Å². The van der Waals surface area contributed by atoms with Crippen LogP contribution >= 0.6 is 0 Å². The van der Waals surface area contributed by atoms with E-state index in [0.717, 1.165) is 34.1 Å². The Morgan fingerprint density at radius 3 is 2.50 bits per heavy atom. The van der Waals surface area contributed by atoms with Crippen LogP contribution in [0.3, 0.4) is 0 Å². The first-order valence-corrected chi connectivity index (χ1v) is 8.83. The molecule has 0 saturated carbocycles. The monoisotopic (exact) mass is 349 g/mol. The Hall–Kier alpha value is -2.72. The van der Waals surface area contributed by atoms with Gasteiger partial charge in [0, 0.05) is 11.6 Å². The van der Waals surface area contributed by atoms with E-state index in [2.05, 4.69) is 30.4 Å². The third kappa shape index (κ3) is 2.67. The standard InChI is InChI=1S/C22H23NO3/c1-13-10-15-11-19(25-2)20(26-3)12-17(15)22(23-13)21-16-7-5-4-6-14(16)8-9-18(21)24/h4-9,11-13,22-24H,10H2,1-3H3/t13-,22+/m1/s1. The van der Waals surface area contributed by atoms with Gasteiger partial charge in [-0.15, -0.1) is 0 Å². The van der Waals surface area contributed by atoms with Crippen molar-refractivity contribution >= 4 is 10.8 Å². The van der Waals surface area contributed by atoms with Crippen molar-refractivity contribution in [2.45, 2.75) is 25.4 Å². The lowest BCUT2D eigenvalue weighted by Crippen LogP contribution is -2.38. The second-order valence-corrected chi connectivity index (χ2v) is 6.83. The Morgan fingerprint density at radius 2 is 1.73 bits per heavy atom. The van der Waals surface area contributed by atoms with Gasteiger partial charge in [0.1, 0.15) is 5.75 Å². The highest BCUT2D eigenvalue weighted by Crippen LogP contribution is 2.42. The minimum atomic E-state index is -0.111. The van der Waals surface area contributed by atoms with E-state index in [1.165, 1.54) is 5.56 Å². The molecule has 4 rings (SSSR count). The summed E-state index contributed by atoms with van der Waals surface area (Å²) in [5.41, 5.74) is 3.24. The molecule has 0 saturated heterocycles. The number of methoxy groups -OCH3 is 2. The minimum Gasteiger partial charge on any atom is -0.508 e. The van der Waals surface area contributed by atoms with Crippen molar-refractivity contribution in [3.05, 3.63) is 65.2 Å². The van der Waals surface area contributed by atoms with Gasteiger partial charge in [-0.1, -0.05) is 30.3 Å². The van der Waals surface area contributed by atoms with Crippen molar-refractivity contribution in [3.63, 3.8) is 0 Å². The summed E-state index contributed by atoms with van der Waals surface area (Å²) in [6, 6.07) is 16.1. The first-order chi connectivity index (χ1) is 12.6. The molecule has 0 bridgehead atoms. The lowest BCUT2D eigenvalue weighted by molar-refractivity contribution is 0.351. The number of rotatable bonds is 3. The van der Waals surface area contributed by atoms with Gasteiger partial charge in [0.15, 0.2) is 11.5 Å². The van der Waals surface area contributed by atoms with E-state index in [-0.39, 0.29) is 12.1 Å². The molecule has 3 aromatic carbocycles. The molecular weight excluding hydrogens is 326 g/mol. The Kier molecular flexibility index (Phi) is 4.21. The molecule has 134 valence electrons. The van der Waals surface area contributed by atoms with E-state index in [4.69, 9.17) is 9.47 Å². The normalized spacial score (nSPS) is 19.2. The summed E-state index contributed by atoms with van der Waals surface area (Å²) < 4.78 is 11.0. The van der Waals surface area contributed by atoms with Gasteiger partial charge in [0.25, 0.3) is 0 Å². The summed E-state index contributed by atoms with van der Waals surface area (Å²) in [5.74, 6) is 1.74. The van der Waals surface area contributed by atoms with Crippen molar-refractivity contribution in [1.29, 1.82) is 0 Å². The highest BCUT2D eigenvalue weighted by Gasteiger charge is 2.30. The summed E-state index contributed by atoms with van der Waals surface area (Å²) in [6.07, 6.45) is 0.901. The average Bonchev–Trinajstić information content (AvgIpc) is 2.66. The van der Waals surface area contributed by atoms with E-state index in [9.17, 15) is 5.11 Å². The van der Waals surface area contributed by atoms with Crippen LogP contribution in [0.15, 0.2) is 48.5 Å². The molecule has 0 aliphatic carbocycles. The molecule has 2 N–H and O–H groups in total. The van der Waals surface area contributed by atoms with E-state index < -0.39 is 0 Å². The predicted octanol–water partition coefficient (Wildman–Crippen LogP) is 4.19. The van der Waals surface area contributed by atoms with Crippen molar-refractivity contribution in [2.75, 3.05) is 14.2 Å². The van der Waals surface area contributed by atoms with Gasteiger partial charge in [-0.05, 0) is 53.4 Å². The summed E-state index contributed by atoms with van der Waals surface area (Å²) in [7, 11) is 3.30. The van der Waals surface area contributed by atoms with Crippen LogP contribution in [0.5, 0.6) is 17.2 Å². The fourth-order valence-electron chi connectivity index (χ4n) is 3.97. The smallest absolute Gasteiger partial charge is 0.161 e. The first kappa shape index (κ1) is 16.7. The molecule has 3 aromatic rings. The fraction of sp³-hybridized carbons (Fsp3) is 0.273. The van der Waals surface area contributed by atoms with Crippen LogP contribution in [-0.2, 0) is 6.42 Å². The SMILES string of the molecule is COc1cc2c(cc1OC)[C@@H](c1c(O)ccc3ccccc13)N[C@H](C)C2. The molecule has 4 nitrogen and oxygen atoms in total. The molecule has 0 aromatic heterocycles. The van der Waals surface area contributed by atoms with Gasteiger partial charge in [0.2, 0.25) is 0 Å². The zero-order valence-electron chi connectivity index (χ0n) is 15.2. The number of phenols is 1. The van der Waals surface area contributed by atoms with E-state index in [1.54, 1.807) is 20.3 Å². The van der Waals surface area contributed by atoms with Gasteiger partial charge >= 0.3 is 0 Å².